The first-order valence-electron chi connectivity index (χ1n) is 4.14. The molecule has 8 heteroatoms. The van der Waals surface area contributed by atoms with Gasteiger partial charge in [0.15, 0.2) is 12.2 Å². The smallest absolute Gasteiger partial charge is 0.201 e. The number of aromatic nitrogens is 8. The number of imidazole rings is 1. The summed E-state index contributed by atoms with van der Waals surface area (Å²) in [5, 5.41) is 14.1. The van der Waals surface area contributed by atoms with E-state index in [1.165, 1.54) is 12.7 Å². The first kappa shape index (κ1) is 7.85. The molecule has 3 aromatic rings. The first-order chi connectivity index (χ1) is 7.45. The molecule has 0 unspecified atom stereocenters. The van der Waals surface area contributed by atoms with Crippen molar-refractivity contribution in [1.82, 2.24) is 40.3 Å². The molecule has 0 atom stereocenters. The van der Waals surface area contributed by atoms with Gasteiger partial charge in [0.2, 0.25) is 5.82 Å². The molecule has 0 aliphatic rings. The van der Waals surface area contributed by atoms with Crippen LogP contribution in [0, 0.1) is 6.33 Å². The third-order valence-electron chi connectivity index (χ3n) is 1.87. The largest absolute Gasteiger partial charge is 0.332 e. The Labute approximate surface area is 83.2 Å². The quantitative estimate of drug-likeness (QED) is 0.530. The molecule has 8 nitrogen and oxygen atoms in total. The number of aromatic amines is 3. The van der Waals surface area contributed by atoms with Crippen LogP contribution in [-0.4, -0.2) is 40.3 Å². The van der Waals surface area contributed by atoms with Gasteiger partial charge >= 0.3 is 0 Å². The average Bonchev–Trinajstić information content (AvgIpc) is 3.01. The zero-order valence-electron chi connectivity index (χ0n) is 7.39. The van der Waals surface area contributed by atoms with E-state index in [-0.39, 0.29) is 0 Å². The molecule has 0 aliphatic heterocycles. The number of hydrogen-bond donors (Lipinski definition) is 3. The van der Waals surface area contributed by atoms with Crippen LogP contribution < -0.4 is 0 Å². The van der Waals surface area contributed by atoms with Gasteiger partial charge in [0.1, 0.15) is 24.0 Å². The maximum Gasteiger partial charge on any atom is 0.201 e. The van der Waals surface area contributed by atoms with Crippen LogP contribution in [-0.2, 0) is 0 Å². The average molecular weight is 201 g/mol. The van der Waals surface area contributed by atoms with E-state index in [1.54, 1.807) is 0 Å². The van der Waals surface area contributed by atoms with Crippen LogP contribution in [0.3, 0.4) is 0 Å². The molecule has 3 N–H and O–H groups in total. The van der Waals surface area contributed by atoms with Crippen LogP contribution >= 0.6 is 0 Å². The Morgan fingerprint density at radius 3 is 3.00 bits per heavy atom. The van der Waals surface area contributed by atoms with E-state index in [0.29, 0.717) is 23.0 Å². The lowest BCUT2D eigenvalue weighted by Crippen LogP contribution is -1.87. The third kappa shape index (κ3) is 1.19. The van der Waals surface area contributed by atoms with Crippen molar-refractivity contribution in [3.8, 4) is 23.0 Å². The summed E-state index contributed by atoms with van der Waals surface area (Å²) in [6.45, 7) is 0. The predicted molar refractivity (Wildman–Crippen MR) is 48.2 cm³/mol. The van der Waals surface area contributed by atoms with Gasteiger partial charge in [0, 0.05) is 0 Å². The second-order valence-electron chi connectivity index (χ2n) is 2.73. The molecule has 0 aromatic carbocycles. The predicted octanol–water partition coefficient (Wildman–Crippen LogP) is -0.220. The van der Waals surface area contributed by atoms with Crippen molar-refractivity contribution in [2.45, 2.75) is 0 Å². The molecule has 73 valence electrons. The zero-order chi connectivity index (χ0) is 10.1. The Hall–Kier alpha value is -2.51. The topological polar surface area (TPSA) is 112 Å². The van der Waals surface area contributed by atoms with E-state index in [0.717, 1.165) is 0 Å². The van der Waals surface area contributed by atoms with Crippen molar-refractivity contribution in [3.63, 3.8) is 0 Å². The molecule has 0 bridgehead atoms. The van der Waals surface area contributed by atoms with E-state index >= 15 is 0 Å². The molecular weight excluding hydrogens is 196 g/mol. The minimum atomic E-state index is 0.485. The van der Waals surface area contributed by atoms with Crippen molar-refractivity contribution in [2.75, 3.05) is 0 Å². The number of hydrogen-bond acceptors (Lipinski definition) is 5. The van der Waals surface area contributed by atoms with Gasteiger partial charge in [0.05, 0.1) is 0 Å². The number of H-pyrrole nitrogens is 3. The molecular formula is C7H5N8. The second-order valence-corrected chi connectivity index (χ2v) is 2.73. The Bertz CT molecular complexity index is 485. The van der Waals surface area contributed by atoms with E-state index in [2.05, 4.69) is 46.7 Å². The molecule has 3 aromatic heterocycles. The monoisotopic (exact) mass is 201 g/mol. The molecule has 0 amide bonds. The normalized spacial score (nSPS) is 10.7. The van der Waals surface area contributed by atoms with Crippen LogP contribution in [0.25, 0.3) is 23.0 Å². The van der Waals surface area contributed by atoms with Gasteiger partial charge in [0.25, 0.3) is 0 Å². The molecule has 0 spiro atoms. The SMILES string of the molecule is [c]1nc(-c2nc[nH]n2)c(-c2nnc[nH]2)[nH]1. The van der Waals surface area contributed by atoms with E-state index in [4.69, 9.17) is 0 Å². The highest BCUT2D eigenvalue weighted by molar-refractivity contribution is 5.69. The number of rotatable bonds is 2. The summed E-state index contributed by atoms with van der Waals surface area (Å²) in [5.74, 6) is 1.06. The summed E-state index contributed by atoms with van der Waals surface area (Å²) in [5.41, 5.74) is 1.24. The lowest BCUT2D eigenvalue weighted by molar-refractivity contribution is 1.08. The Morgan fingerprint density at radius 1 is 1.27 bits per heavy atom. The number of nitrogens with one attached hydrogen (secondary N) is 3. The standard InChI is InChI=1S/C7H5N8/c1-8-4(6-10-2-12-14-6)5(9-1)7-11-3-13-15-7/h2-3H,(H,8,9)(H,10,12,14)(H,11,13,15). The highest BCUT2D eigenvalue weighted by Crippen LogP contribution is 2.22. The van der Waals surface area contributed by atoms with Gasteiger partial charge in [-0.25, -0.2) is 9.97 Å². The molecule has 0 aliphatic carbocycles. The maximum atomic E-state index is 4.00. The highest BCUT2D eigenvalue weighted by Gasteiger charge is 2.15. The molecule has 1 radical (unpaired) electrons. The van der Waals surface area contributed by atoms with Gasteiger partial charge in [-0.05, 0) is 0 Å². The summed E-state index contributed by atoms with van der Waals surface area (Å²) in [6.07, 6.45) is 5.58. The van der Waals surface area contributed by atoms with Crippen molar-refractivity contribution in [2.24, 2.45) is 0 Å². The van der Waals surface area contributed by atoms with Gasteiger partial charge < -0.3 is 9.97 Å². The molecule has 15 heavy (non-hydrogen) atoms. The fourth-order valence-corrected chi connectivity index (χ4v) is 1.24. The van der Waals surface area contributed by atoms with E-state index in [9.17, 15) is 0 Å². The maximum absolute atomic E-state index is 4.00. The summed E-state index contributed by atoms with van der Waals surface area (Å²) >= 11 is 0. The molecule has 3 rings (SSSR count). The highest BCUT2D eigenvalue weighted by atomic mass is 15.2. The fourth-order valence-electron chi connectivity index (χ4n) is 1.24. The van der Waals surface area contributed by atoms with Crippen LogP contribution in [0.15, 0.2) is 12.7 Å². The lowest BCUT2D eigenvalue weighted by atomic mass is 10.3. The Balaban J connectivity index is 2.15. The van der Waals surface area contributed by atoms with Crippen molar-refractivity contribution in [3.05, 3.63) is 19.0 Å². The van der Waals surface area contributed by atoms with E-state index in [1.807, 2.05) is 0 Å². The van der Waals surface area contributed by atoms with Crippen molar-refractivity contribution < 1.29 is 0 Å². The van der Waals surface area contributed by atoms with Gasteiger partial charge in [-0.2, -0.15) is 5.10 Å². The van der Waals surface area contributed by atoms with E-state index < -0.39 is 0 Å². The van der Waals surface area contributed by atoms with Crippen LogP contribution in [0.1, 0.15) is 0 Å². The van der Waals surface area contributed by atoms with Crippen LogP contribution in [0.2, 0.25) is 0 Å². The molecule has 0 fully saturated rings. The number of nitrogens with zero attached hydrogens (tertiary/aromatic N) is 5. The van der Waals surface area contributed by atoms with Crippen molar-refractivity contribution >= 4 is 0 Å². The summed E-state index contributed by atoms with van der Waals surface area (Å²) in [7, 11) is 0. The van der Waals surface area contributed by atoms with Gasteiger partial charge in [-0.1, -0.05) is 0 Å². The molecule has 0 saturated carbocycles. The third-order valence-corrected chi connectivity index (χ3v) is 1.87. The van der Waals surface area contributed by atoms with Crippen LogP contribution in [0.5, 0.6) is 0 Å². The minimum Gasteiger partial charge on any atom is -0.332 e. The summed E-state index contributed by atoms with van der Waals surface area (Å²) in [4.78, 5) is 13.7. The van der Waals surface area contributed by atoms with Crippen LogP contribution in [0.4, 0.5) is 0 Å². The lowest BCUT2D eigenvalue weighted by Gasteiger charge is -1.92. The first-order valence-corrected chi connectivity index (χ1v) is 4.14. The second kappa shape index (κ2) is 3.01. The minimum absolute atomic E-state index is 0.485. The zero-order valence-corrected chi connectivity index (χ0v) is 7.39. The Kier molecular flexibility index (Phi) is 1.58. The van der Waals surface area contributed by atoms with Gasteiger partial charge in [-0.15, -0.1) is 10.2 Å². The van der Waals surface area contributed by atoms with Gasteiger partial charge in [-0.3, -0.25) is 5.10 Å². The fraction of sp³-hybridized carbons (Fsp3) is 0. The van der Waals surface area contributed by atoms with Crippen molar-refractivity contribution in [1.29, 1.82) is 0 Å². The summed E-state index contributed by atoms with van der Waals surface area (Å²) in [6, 6.07) is 0. The molecule has 3 heterocycles. The molecule has 0 saturated heterocycles. The summed E-state index contributed by atoms with van der Waals surface area (Å²) < 4.78 is 0. The Morgan fingerprint density at radius 2 is 2.27 bits per heavy atom.